The highest BCUT2D eigenvalue weighted by Gasteiger charge is 2.32. The molecule has 17 heteroatoms. The zero-order valence-corrected chi connectivity index (χ0v) is 25.9. The van der Waals surface area contributed by atoms with Gasteiger partial charge in [-0.1, -0.05) is 23.3 Å². The number of aliphatic hydroxyl groups excluding tert-OH is 4. The van der Waals surface area contributed by atoms with E-state index in [1.54, 1.807) is 15.6 Å². The molecule has 4 rings (SSSR count). The van der Waals surface area contributed by atoms with Gasteiger partial charge in [-0.05, 0) is 12.8 Å². The molecule has 0 bridgehead atoms. The molecule has 0 aliphatic carbocycles. The summed E-state index contributed by atoms with van der Waals surface area (Å²) in [5.74, 6) is 0. The third-order valence-electron chi connectivity index (χ3n) is 7.65. The maximum Gasteiger partial charge on any atom is 0.108 e. The van der Waals surface area contributed by atoms with Crippen LogP contribution >= 0.6 is 0 Å². The lowest BCUT2D eigenvalue weighted by Gasteiger charge is -2.32. The Morgan fingerprint density at radius 1 is 0.600 bits per heavy atom. The molecule has 0 radical (unpaired) electrons. The summed E-state index contributed by atoms with van der Waals surface area (Å²) in [6.07, 6.45) is 3.32. The number of aryl methyl sites for hydroxylation is 1. The summed E-state index contributed by atoms with van der Waals surface area (Å²) in [6, 6.07) is 0. The molecule has 0 aromatic carbocycles. The van der Waals surface area contributed by atoms with Gasteiger partial charge in [-0.3, -0.25) is 4.68 Å². The van der Waals surface area contributed by atoms with Gasteiger partial charge in [-0.15, -0.1) is 10.2 Å². The van der Waals surface area contributed by atoms with Crippen LogP contribution in [0.15, 0.2) is 12.4 Å². The molecule has 0 amide bonds. The summed E-state index contributed by atoms with van der Waals surface area (Å²) in [4.78, 5) is 0. The third-order valence-corrected chi connectivity index (χ3v) is 7.65. The van der Waals surface area contributed by atoms with E-state index in [2.05, 4.69) is 31.3 Å². The van der Waals surface area contributed by atoms with E-state index in [0.29, 0.717) is 83.8 Å². The zero-order valence-electron chi connectivity index (χ0n) is 25.9. The van der Waals surface area contributed by atoms with Crippen molar-refractivity contribution in [2.45, 2.75) is 88.6 Å². The predicted molar refractivity (Wildman–Crippen MR) is 158 cm³/mol. The molecule has 4 heterocycles. The number of β-amino-alcohol motifs (C(OH)–C–C–N with tert-alkyl or cyclic N) is 2. The van der Waals surface area contributed by atoms with Crippen LogP contribution in [0.4, 0.5) is 0 Å². The first-order valence-electron chi connectivity index (χ1n) is 15.9. The molecule has 0 unspecified atom stereocenters. The summed E-state index contributed by atoms with van der Waals surface area (Å²) in [7, 11) is 0. The van der Waals surface area contributed by atoms with E-state index in [1.165, 1.54) is 0 Å². The van der Waals surface area contributed by atoms with Crippen LogP contribution in [-0.2, 0) is 50.0 Å². The fraction of sp³-hybridized carbons (Fsp3) is 0.857. The Morgan fingerprint density at radius 2 is 1.09 bits per heavy atom. The highest BCUT2D eigenvalue weighted by Crippen LogP contribution is 2.12. The normalized spacial score (nSPS) is 25.6. The molecular formula is C28H50N8O9. The summed E-state index contributed by atoms with van der Waals surface area (Å²) >= 11 is 0. The number of unbranched alkanes of at least 4 members (excludes halogenated alkanes) is 3. The van der Waals surface area contributed by atoms with Crippen molar-refractivity contribution >= 4 is 0 Å². The molecule has 6 N–H and O–H groups in total. The molecule has 45 heavy (non-hydrogen) atoms. The van der Waals surface area contributed by atoms with Gasteiger partial charge in [0.05, 0.1) is 89.6 Å². The van der Waals surface area contributed by atoms with E-state index in [4.69, 9.17) is 23.7 Å². The van der Waals surface area contributed by atoms with Crippen molar-refractivity contribution in [1.29, 1.82) is 0 Å². The standard InChI is InChI=1S/C28H50N8O9/c37-23-13-29-15-25(27(23)39)44-19-21-17-35(33-31-21)5-3-1-2-4-7-41-9-11-43-12-10-42-8-6-36-18-22(32-34-36)20-45-26-16-30-14-24(38)28(26)40/h17-18,23-30,37-40H,1-16,19-20H2/t23-,24+,25+,26-,27+,28-/m0/s1. The van der Waals surface area contributed by atoms with Crippen LogP contribution in [0.2, 0.25) is 0 Å². The van der Waals surface area contributed by atoms with E-state index in [1.807, 2.05) is 6.20 Å². The second-order valence-electron chi connectivity index (χ2n) is 11.3. The van der Waals surface area contributed by atoms with Gasteiger partial charge in [0.15, 0.2) is 0 Å². The van der Waals surface area contributed by atoms with Gasteiger partial charge in [0.25, 0.3) is 0 Å². The summed E-state index contributed by atoms with van der Waals surface area (Å²) in [5, 5.41) is 61.9. The van der Waals surface area contributed by atoms with Crippen molar-refractivity contribution in [3.8, 4) is 0 Å². The second kappa shape index (κ2) is 20.2. The lowest BCUT2D eigenvalue weighted by molar-refractivity contribution is -0.109. The highest BCUT2D eigenvalue weighted by atomic mass is 16.5. The molecule has 2 saturated heterocycles. The van der Waals surface area contributed by atoms with Crippen LogP contribution in [0.5, 0.6) is 0 Å². The molecule has 256 valence electrons. The molecular weight excluding hydrogens is 592 g/mol. The van der Waals surface area contributed by atoms with Crippen molar-refractivity contribution in [1.82, 2.24) is 40.6 Å². The molecule has 0 saturated carbocycles. The fourth-order valence-electron chi connectivity index (χ4n) is 4.98. The number of piperidine rings is 2. The predicted octanol–water partition coefficient (Wildman–Crippen LogP) is -2.40. The van der Waals surface area contributed by atoms with Crippen LogP contribution in [0.1, 0.15) is 37.1 Å². The van der Waals surface area contributed by atoms with Crippen molar-refractivity contribution < 1.29 is 44.1 Å². The molecule has 17 nitrogen and oxygen atoms in total. The lowest BCUT2D eigenvalue weighted by Crippen LogP contribution is -2.54. The van der Waals surface area contributed by atoms with Gasteiger partial charge in [0, 0.05) is 39.3 Å². The van der Waals surface area contributed by atoms with E-state index in [-0.39, 0.29) is 13.2 Å². The van der Waals surface area contributed by atoms with E-state index >= 15 is 0 Å². The SMILES string of the molecule is O[C@@H]1[C@@H](O)CNC[C@H]1OCc1cn(CCCCCCOCCOCCOCCn2cc(CO[C@H]3CNC[C@@H](O)[C@@H]3O)nn2)nn1. The van der Waals surface area contributed by atoms with Gasteiger partial charge >= 0.3 is 0 Å². The van der Waals surface area contributed by atoms with Crippen molar-refractivity contribution in [3.05, 3.63) is 23.8 Å². The maximum absolute atomic E-state index is 10.00. The van der Waals surface area contributed by atoms with Crippen LogP contribution < -0.4 is 10.6 Å². The minimum atomic E-state index is -0.917. The first-order chi connectivity index (χ1) is 22.0. The average molecular weight is 643 g/mol. The molecule has 6 atom stereocenters. The Balaban J connectivity index is 0.894. The quantitative estimate of drug-likeness (QED) is 0.0739. The highest BCUT2D eigenvalue weighted by molar-refractivity contribution is 4.93. The molecule has 0 spiro atoms. The minimum absolute atomic E-state index is 0.204. The molecule has 2 aliphatic rings. The van der Waals surface area contributed by atoms with E-state index in [0.717, 1.165) is 32.2 Å². The molecule has 2 aromatic heterocycles. The Morgan fingerprint density at radius 3 is 1.67 bits per heavy atom. The third kappa shape index (κ3) is 12.9. The monoisotopic (exact) mass is 642 g/mol. The molecule has 2 aliphatic heterocycles. The van der Waals surface area contributed by atoms with Gasteiger partial charge in [-0.2, -0.15) is 0 Å². The van der Waals surface area contributed by atoms with E-state index in [9.17, 15) is 20.4 Å². The smallest absolute Gasteiger partial charge is 0.108 e. The van der Waals surface area contributed by atoms with Gasteiger partial charge in [-0.25, -0.2) is 4.68 Å². The van der Waals surface area contributed by atoms with Crippen LogP contribution in [-0.4, -0.2) is 153 Å². The molecule has 2 fully saturated rings. The van der Waals surface area contributed by atoms with E-state index < -0.39 is 36.6 Å². The van der Waals surface area contributed by atoms with Crippen LogP contribution in [0.3, 0.4) is 0 Å². The van der Waals surface area contributed by atoms with Crippen LogP contribution in [0, 0.1) is 0 Å². The van der Waals surface area contributed by atoms with Gasteiger partial charge < -0.3 is 54.7 Å². The van der Waals surface area contributed by atoms with Crippen LogP contribution in [0.25, 0.3) is 0 Å². The first kappa shape index (κ1) is 35.7. The largest absolute Gasteiger partial charge is 0.389 e. The van der Waals surface area contributed by atoms with Gasteiger partial charge in [0.2, 0.25) is 0 Å². The number of aromatic nitrogens is 6. The maximum atomic E-state index is 10.00. The Bertz CT molecular complexity index is 983. The minimum Gasteiger partial charge on any atom is -0.389 e. The lowest BCUT2D eigenvalue weighted by atomic mass is 10.0. The zero-order chi connectivity index (χ0) is 31.7. The van der Waals surface area contributed by atoms with Crippen molar-refractivity contribution in [3.63, 3.8) is 0 Å². The summed E-state index contributed by atoms with van der Waals surface area (Å²) < 4.78 is 31.6. The Hall–Kier alpha value is -2.16. The molecule has 2 aromatic rings. The number of aliphatic hydroxyl groups is 4. The van der Waals surface area contributed by atoms with Crippen molar-refractivity contribution in [2.75, 3.05) is 65.8 Å². The Kier molecular flexibility index (Phi) is 16.0. The first-order valence-corrected chi connectivity index (χ1v) is 15.9. The fourth-order valence-corrected chi connectivity index (χ4v) is 4.98. The second-order valence-corrected chi connectivity index (χ2v) is 11.3. The van der Waals surface area contributed by atoms with Gasteiger partial charge in [0.1, 0.15) is 23.6 Å². The number of nitrogens with one attached hydrogen (secondary N) is 2. The number of hydrogen-bond acceptors (Lipinski definition) is 15. The summed E-state index contributed by atoms with van der Waals surface area (Å²) in [6.45, 7) is 6.67. The summed E-state index contributed by atoms with van der Waals surface area (Å²) in [5.41, 5.74) is 1.35. The van der Waals surface area contributed by atoms with Crippen molar-refractivity contribution in [2.24, 2.45) is 0 Å². The topological polar surface area (TPSA) is 213 Å². The number of rotatable bonds is 22. The number of ether oxygens (including phenoxy) is 5. The number of hydrogen-bond donors (Lipinski definition) is 6. The Labute approximate surface area is 263 Å². The average Bonchev–Trinajstić information content (AvgIpc) is 3.70. The number of nitrogens with zero attached hydrogens (tertiary/aromatic N) is 6.